The van der Waals surface area contributed by atoms with Crippen molar-refractivity contribution in [2.45, 2.75) is 0 Å². The molecule has 0 bridgehead atoms. The van der Waals surface area contributed by atoms with Crippen LogP contribution in [0, 0.1) is 21.4 Å². The lowest BCUT2D eigenvalue weighted by molar-refractivity contribution is -0.384. The molecule has 0 N–H and O–H groups in total. The molecule has 3 rings (SSSR count). The second kappa shape index (κ2) is 8.12. The predicted octanol–water partition coefficient (Wildman–Crippen LogP) is 4.28. The zero-order valence-electron chi connectivity index (χ0n) is 13.7. The zero-order valence-corrected chi connectivity index (χ0v) is 14.5. The van der Waals surface area contributed by atoms with E-state index in [0.717, 1.165) is 5.56 Å². The van der Waals surface area contributed by atoms with E-state index in [0.29, 0.717) is 11.3 Å². The van der Waals surface area contributed by atoms with Gasteiger partial charge in [-0.3, -0.25) is 10.1 Å². The molecule has 134 valence electrons. The standard InChI is InChI=1S/C18H11ClN4O4/c19-16(11-12-1-7-15(8-2-12)26-10-9-20)18-22-21-17(27-18)13-3-5-14(6-4-13)23(24)25/h1-8,11H,10H2/b16-11-. The zero-order chi connectivity index (χ0) is 19.2. The first-order valence-corrected chi connectivity index (χ1v) is 8.00. The number of non-ortho nitro benzene ring substituents is 1. The second-order valence-corrected chi connectivity index (χ2v) is 5.63. The fourth-order valence-corrected chi connectivity index (χ4v) is 2.35. The van der Waals surface area contributed by atoms with Crippen LogP contribution in [-0.2, 0) is 0 Å². The number of nitrogens with zero attached hydrogens (tertiary/aromatic N) is 4. The highest BCUT2D eigenvalue weighted by molar-refractivity contribution is 6.50. The Hall–Kier alpha value is -3.70. The van der Waals surface area contributed by atoms with Gasteiger partial charge in [-0.05, 0) is 35.9 Å². The fourth-order valence-electron chi connectivity index (χ4n) is 2.15. The van der Waals surface area contributed by atoms with E-state index in [1.54, 1.807) is 30.3 Å². The number of benzene rings is 2. The van der Waals surface area contributed by atoms with Crippen LogP contribution in [0.1, 0.15) is 11.5 Å². The molecule has 2 aromatic carbocycles. The molecule has 0 amide bonds. The van der Waals surface area contributed by atoms with Crippen LogP contribution >= 0.6 is 11.6 Å². The third-order valence-corrected chi connectivity index (χ3v) is 3.70. The Morgan fingerprint density at radius 3 is 2.56 bits per heavy atom. The molecule has 3 aromatic rings. The number of rotatable bonds is 6. The van der Waals surface area contributed by atoms with Gasteiger partial charge in [0.2, 0.25) is 5.89 Å². The van der Waals surface area contributed by atoms with Crippen molar-refractivity contribution in [3.05, 3.63) is 70.1 Å². The van der Waals surface area contributed by atoms with Gasteiger partial charge >= 0.3 is 0 Å². The van der Waals surface area contributed by atoms with Gasteiger partial charge in [0.05, 0.1) is 4.92 Å². The number of halogens is 1. The van der Waals surface area contributed by atoms with Gasteiger partial charge in [0, 0.05) is 17.7 Å². The molecule has 0 atom stereocenters. The van der Waals surface area contributed by atoms with Crippen molar-refractivity contribution in [2.24, 2.45) is 0 Å². The van der Waals surface area contributed by atoms with Gasteiger partial charge < -0.3 is 9.15 Å². The SMILES string of the molecule is N#CCOc1ccc(/C=C(\Cl)c2nnc(-c3ccc([N+](=O)[O-])cc3)o2)cc1. The van der Waals surface area contributed by atoms with Gasteiger partial charge in [0.15, 0.2) is 6.61 Å². The Bertz CT molecular complexity index is 1020. The lowest BCUT2D eigenvalue weighted by Gasteiger charge is -2.01. The average molecular weight is 383 g/mol. The number of hydrogen-bond donors (Lipinski definition) is 0. The van der Waals surface area contributed by atoms with Crippen LogP contribution in [-0.4, -0.2) is 21.7 Å². The van der Waals surface area contributed by atoms with Crippen LogP contribution in [0.25, 0.3) is 22.6 Å². The Balaban J connectivity index is 1.76. The minimum absolute atomic E-state index is 0.0245. The van der Waals surface area contributed by atoms with E-state index in [9.17, 15) is 10.1 Å². The molecule has 0 spiro atoms. The maximum atomic E-state index is 10.7. The molecule has 0 aliphatic heterocycles. The van der Waals surface area contributed by atoms with Gasteiger partial charge in [-0.25, -0.2) is 0 Å². The summed E-state index contributed by atoms with van der Waals surface area (Å²) in [6.45, 7) is -0.0245. The predicted molar refractivity (Wildman–Crippen MR) is 97.7 cm³/mol. The lowest BCUT2D eigenvalue weighted by atomic mass is 10.2. The minimum atomic E-state index is -0.487. The summed E-state index contributed by atoms with van der Waals surface area (Å²) in [5, 5.41) is 27.2. The number of aromatic nitrogens is 2. The van der Waals surface area contributed by atoms with Crippen LogP contribution < -0.4 is 4.74 Å². The fraction of sp³-hybridized carbons (Fsp3) is 0.0556. The molecule has 0 saturated carbocycles. The normalized spacial score (nSPS) is 11.0. The summed E-state index contributed by atoms with van der Waals surface area (Å²) < 4.78 is 10.7. The van der Waals surface area contributed by atoms with Crippen LogP contribution in [0.15, 0.2) is 52.9 Å². The average Bonchev–Trinajstić information content (AvgIpc) is 3.18. The highest BCUT2D eigenvalue weighted by Crippen LogP contribution is 2.26. The van der Waals surface area contributed by atoms with E-state index >= 15 is 0 Å². The number of nitro groups is 1. The Morgan fingerprint density at radius 2 is 1.93 bits per heavy atom. The van der Waals surface area contributed by atoms with E-state index in [1.165, 1.54) is 24.3 Å². The first-order valence-electron chi connectivity index (χ1n) is 7.62. The summed E-state index contributed by atoms with van der Waals surface area (Å²) in [4.78, 5) is 10.2. The van der Waals surface area contributed by atoms with Crippen LogP contribution in [0.2, 0.25) is 0 Å². The Morgan fingerprint density at radius 1 is 1.22 bits per heavy atom. The van der Waals surface area contributed by atoms with E-state index in [1.807, 2.05) is 6.07 Å². The number of nitro benzene ring substituents is 1. The molecule has 9 heteroatoms. The molecule has 0 aliphatic carbocycles. The van der Waals surface area contributed by atoms with Gasteiger partial charge in [-0.2, -0.15) is 5.26 Å². The van der Waals surface area contributed by atoms with Crippen molar-refractivity contribution in [2.75, 3.05) is 6.61 Å². The minimum Gasteiger partial charge on any atom is -0.479 e. The van der Waals surface area contributed by atoms with E-state index < -0.39 is 4.92 Å². The van der Waals surface area contributed by atoms with Crippen molar-refractivity contribution in [3.63, 3.8) is 0 Å². The highest BCUT2D eigenvalue weighted by atomic mass is 35.5. The number of nitriles is 1. The molecule has 0 unspecified atom stereocenters. The van der Waals surface area contributed by atoms with Crippen LogP contribution in [0.5, 0.6) is 5.75 Å². The molecule has 0 radical (unpaired) electrons. The molecular weight excluding hydrogens is 372 g/mol. The summed E-state index contributed by atoms with van der Waals surface area (Å²) in [6, 6.07) is 14.6. The maximum absolute atomic E-state index is 10.7. The third-order valence-electron chi connectivity index (χ3n) is 3.43. The second-order valence-electron chi connectivity index (χ2n) is 5.22. The molecular formula is C18H11ClN4O4. The molecule has 0 fully saturated rings. The van der Waals surface area contributed by atoms with Crippen molar-refractivity contribution in [1.29, 1.82) is 5.26 Å². The van der Waals surface area contributed by atoms with Crippen molar-refractivity contribution in [1.82, 2.24) is 10.2 Å². The van der Waals surface area contributed by atoms with E-state index in [-0.39, 0.29) is 29.1 Å². The Labute approximate surface area is 158 Å². The summed E-state index contributed by atoms with van der Waals surface area (Å²) >= 11 is 6.23. The van der Waals surface area contributed by atoms with Crippen molar-refractivity contribution < 1.29 is 14.1 Å². The van der Waals surface area contributed by atoms with Crippen LogP contribution in [0.3, 0.4) is 0 Å². The summed E-state index contributed by atoms with van der Waals surface area (Å²) in [5.74, 6) is 0.893. The first-order chi connectivity index (χ1) is 13.1. The molecule has 1 heterocycles. The quantitative estimate of drug-likeness (QED) is 0.461. The Kier molecular flexibility index (Phi) is 5.44. The van der Waals surface area contributed by atoms with Crippen LogP contribution in [0.4, 0.5) is 5.69 Å². The molecule has 27 heavy (non-hydrogen) atoms. The lowest BCUT2D eigenvalue weighted by Crippen LogP contribution is -1.92. The van der Waals surface area contributed by atoms with Crippen molar-refractivity contribution in [3.8, 4) is 23.3 Å². The van der Waals surface area contributed by atoms with E-state index in [2.05, 4.69) is 10.2 Å². The topological polar surface area (TPSA) is 115 Å². The molecule has 8 nitrogen and oxygen atoms in total. The summed E-state index contributed by atoms with van der Waals surface area (Å²) in [6.07, 6.45) is 1.64. The molecule has 1 aromatic heterocycles. The smallest absolute Gasteiger partial charge is 0.269 e. The number of ether oxygens (including phenoxy) is 1. The van der Waals surface area contributed by atoms with Gasteiger partial charge in [0.25, 0.3) is 11.6 Å². The third kappa shape index (κ3) is 4.48. The molecule has 0 aliphatic rings. The first kappa shape index (κ1) is 18.1. The summed E-state index contributed by atoms with van der Waals surface area (Å²) in [5.41, 5.74) is 1.29. The largest absolute Gasteiger partial charge is 0.479 e. The van der Waals surface area contributed by atoms with Gasteiger partial charge in [0.1, 0.15) is 16.9 Å². The maximum Gasteiger partial charge on any atom is 0.269 e. The molecule has 0 saturated heterocycles. The highest BCUT2D eigenvalue weighted by Gasteiger charge is 2.13. The summed E-state index contributed by atoms with van der Waals surface area (Å²) in [7, 11) is 0. The van der Waals surface area contributed by atoms with Gasteiger partial charge in [-0.15, -0.1) is 10.2 Å². The monoisotopic (exact) mass is 382 g/mol. The number of hydrogen-bond acceptors (Lipinski definition) is 7. The van der Waals surface area contributed by atoms with Crippen molar-refractivity contribution >= 4 is 28.4 Å². The van der Waals surface area contributed by atoms with Gasteiger partial charge in [-0.1, -0.05) is 23.7 Å². The van der Waals surface area contributed by atoms with E-state index in [4.69, 9.17) is 26.0 Å².